The summed E-state index contributed by atoms with van der Waals surface area (Å²) in [5, 5.41) is 6.08. The molecule has 1 heterocycles. The van der Waals surface area contributed by atoms with Crippen LogP contribution in [-0.2, 0) is 14.8 Å². The Labute approximate surface area is 136 Å². The number of carbonyl (C=O) groups is 1. The van der Waals surface area contributed by atoms with Crippen molar-refractivity contribution in [3.63, 3.8) is 0 Å². The van der Waals surface area contributed by atoms with Crippen LogP contribution < -0.4 is 10.0 Å². The summed E-state index contributed by atoms with van der Waals surface area (Å²) >= 11 is 3.23. The number of benzene rings is 1. The van der Waals surface area contributed by atoms with E-state index in [1.807, 2.05) is 0 Å². The average Bonchev–Trinajstić information content (AvgIpc) is 2.84. The Morgan fingerprint density at radius 1 is 1.32 bits per heavy atom. The average molecular weight is 388 g/mol. The van der Waals surface area contributed by atoms with Crippen molar-refractivity contribution < 1.29 is 17.7 Å². The summed E-state index contributed by atoms with van der Waals surface area (Å²) in [6.07, 6.45) is 0. The summed E-state index contributed by atoms with van der Waals surface area (Å²) in [7, 11) is -3.78. The van der Waals surface area contributed by atoms with Crippen molar-refractivity contribution >= 4 is 37.7 Å². The van der Waals surface area contributed by atoms with Gasteiger partial charge in [0.2, 0.25) is 15.9 Å². The Kier molecular flexibility index (Phi) is 4.99. The minimum atomic E-state index is -3.78. The molecular formula is C13H14BrN3O4S. The van der Waals surface area contributed by atoms with Gasteiger partial charge < -0.3 is 9.84 Å². The van der Waals surface area contributed by atoms with Crippen LogP contribution in [0.25, 0.3) is 0 Å². The highest BCUT2D eigenvalue weighted by Crippen LogP contribution is 2.15. The van der Waals surface area contributed by atoms with Crippen LogP contribution in [0, 0.1) is 6.92 Å². The molecule has 0 radical (unpaired) electrons. The lowest BCUT2D eigenvalue weighted by atomic mass is 10.3. The van der Waals surface area contributed by atoms with Crippen LogP contribution in [0.2, 0.25) is 0 Å². The molecular weight excluding hydrogens is 374 g/mol. The summed E-state index contributed by atoms with van der Waals surface area (Å²) in [5.74, 6) is 0.240. The summed E-state index contributed by atoms with van der Waals surface area (Å²) in [6, 6.07) is 6.67. The second-order valence-corrected chi connectivity index (χ2v) is 7.24. The van der Waals surface area contributed by atoms with Gasteiger partial charge in [-0.2, -0.15) is 4.72 Å². The van der Waals surface area contributed by atoms with E-state index in [0.717, 1.165) is 4.47 Å². The van der Waals surface area contributed by atoms with E-state index in [1.54, 1.807) is 19.1 Å². The normalized spacial score (nSPS) is 12.9. The van der Waals surface area contributed by atoms with E-state index in [4.69, 9.17) is 4.52 Å². The minimum absolute atomic E-state index is 0.0765. The molecule has 7 nitrogen and oxygen atoms in total. The zero-order valence-electron chi connectivity index (χ0n) is 11.8. The number of aryl methyl sites for hydroxylation is 1. The highest BCUT2D eigenvalue weighted by atomic mass is 79.9. The third-order valence-corrected chi connectivity index (χ3v) is 4.81. The fraction of sp³-hybridized carbons (Fsp3) is 0.231. The van der Waals surface area contributed by atoms with E-state index >= 15 is 0 Å². The SMILES string of the molecule is Cc1cc(NC(=O)[C@@H](C)NS(=O)(=O)c2ccc(Br)cc2)no1. The second kappa shape index (κ2) is 6.59. The number of hydrogen-bond acceptors (Lipinski definition) is 5. The molecule has 0 saturated carbocycles. The monoisotopic (exact) mass is 387 g/mol. The van der Waals surface area contributed by atoms with E-state index in [9.17, 15) is 13.2 Å². The molecule has 22 heavy (non-hydrogen) atoms. The Balaban J connectivity index is 2.05. The highest BCUT2D eigenvalue weighted by molar-refractivity contribution is 9.10. The van der Waals surface area contributed by atoms with Gasteiger partial charge in [0.25, 0.3) is 0 Å². The molecule has 1 aromatic heterocycles. The van der Waals surface area contributed by atoms with Crippen molar-refractivity contribution in [3.05, 3.63) is 40.6 Å². The Hall–Kier alpha value is -1.71. The number of amides is 1. The molecule has 0 fully saturated rings. The zero-order valence-corrected chi connectivity index (χ0v) is 14.2. The Morgan fingerprint density at radius 2 is 1.95 bits per heavy atom. The third-order valence-electron chi connectivity index (χ3n) is 2.73. The van der Waals surface area contributed by atoms with Gasteiger partial charge in [0.15, 0.2) is 5.82 Å². The molecule has 2 aromatic rings. The van der Waals surface area contributed by atoms with Crippen molar-refractivity contribution in [1.82, 2.24) is 9.88 Å². The number of nitrogens with one attached hydrogen (secondary N) is 2. The molecule has 9 heteroatoms. The first-order valence-electron chi connectivity index (χ1n) is 6.30. The van der Waals surface area contributed by atoms with Crippen molar-refractivity contribution in [2.24, 2.45) is 0 Å². The van der Waals surface area contributed by atoms with E-state index in [2.05, 4.69) is 31.1 Å². The first-order valence-corrected chi connectivity index (χ1v) is 8.57. The van der Waals surface area contributed by atoms with Crippen LogP contribution >= 0.6 is 15.9 Å². The van der Waals surface area contributed by atoms with Crippen LogP contribution in [0.5, 0.6) is 0 Å². The van der Waals surface area contributed by atoms with E-state index in [-0.39, 0.29) is 10.7 Å². The molecule has 2 rings (SSSR count). The van der Waals surface area contributed by atoms with Gasteiger partial charge in [-0.05, 0) is 38.1 Å². The quantitative estimate of drug-likeness (QED) is 0.817. The fourth-order valence-electron chi connectivity index (χ4n) is 1.63. The predicted octanol–water partition coefficient (Wildman–Crippen LogP) is 2.05. The Morgan fingerprint density at radius 3 is 2.50 bits per heavy atom. The summed E-state index contributed by atoms with van der Waals surface area (Å²) < 4.78 is 32.2. The first-order chi connectivity index (χ1) is 10.3. The molecule has 0 aliphatic heterocycles. The lowest BCUT2D eigenvalue weighted by Gasteiger charge is -2.13. The lowest BCUT2D eigenvalue weighted by molar-refractivity contribution is -0.117. The fourth-order valence-corrected chi connectivity index (χ4v) is 3.10. The van der Waals surface area contributed by atoms with Crippen molar-refractivity contribution in [2.75, 3.05) is 5.32 Å². The van der Waals surface area contributed by atoms with E-state index in [0.29, 0.717) is 5.76 Å². The topological polar surface area (TPSA) is 101 Å². The van der Waals surface area contributed by atoms with Gasteiger partial charge in [-0.25, -0.2) is 8.42 Å². The molecule has 2 N–H and O–H groups in total. The van der Waals surface area contributed by atoms with Gasteiger partial charge in [0.1, 0.15) is 5.76 Å². The van der Waals surface area contributed by atoms with Crippen LogP contribution in [0.15, 0.2) is 44.2 Å². The molecule has 0 aliphatic carbocycles. The molecule has 0 saturated heterocycles. The third kappa shape index (κ3) is 4.15. The molecule has 1 aromatic carbocycles. The molecule has 0 spiro atoms. The van der Waals surface area contributed by atoms with Crippen molar-refractivity contribution in [3.8, 4) is 0 Å². The van der Waals surface area contributed by atoms with Gasteiger partial charge in [-0.15, -0.1) is 0 Å². The number of nitrogens with zero attached hydrogens (tertiary/aromatic N) is 1. The number of hydrogen-bond donors (Lipinski definition) is 2. The Bertz CT molecular complexity index is 771. The van der Waals surface area contributed by atoms with E-state index in [1.165, 1.54) is 25.1 Å². The standard InChI is InChI=1S/C13H14BrN3O4S/c1-8-7-12(16-21-8)15-13(18)9(2)17-22(19,20)11-5-3-10(14)4-6-11/h3-7,9,17H,1-2H3,(H,15,16,18)/t9-/m1/s1. The summed E-state index contributed by atoms with van der Waals surface area (Å²) in [4.78, 5) is 12.0. The minimum Gasteiger partial charge on any atom is -0.360 e. The van der Waals surface area contributed by atoms with Gasteiger partial charge in [0, 0.05) is 10.5 Å². The van der Waals surface area contributed by atoms with Crippen LogP contribution in [0.3, 0.4) is 0 Å². The lowest BCUT2D eigenvalue weighted by Crippen LogP contribution is -2.41. The number of halogens is 1. The number of carbonyl (C=O) groups excluding carboxylic acids is 1. The molecule has 0 unspecified atom stereocenters. The number of anilines is 1. The smallest absolute Gasteiger partial charge is 0.243 e. The van der Waals surface area contributed by atoms with Crippen molar-refractivity contribution in [2.45, 2.75) is 24.8 Å². The van der Waals surface area contributed by atoms with Crippen LogP contribution in [-0.4, -0.2) is 25.5 Å². The number of rotatable bonds is 5. The van der Waals surface area contributed by atoms with E-state index < -0.39 is 22.0 Å². The van der Waals surface area contributed by atoms with Gasteiger partial charge in [0.05, 0.1) is 10.9 Å². The maximum Gasteiger partial charge on any atom is 0.243 e. The van der Waals surface area contributed by atoms with Gasteiger partial charge in [-0.1, -0.05) is 21.1 Å². The first kappa shape index (κ1) is 16.7. The largest absolute Gasteiger partial charge is 0.360 e. The van der Waals surface area contributed by atoms with Crippen LogP contribution in [0.1, 0.15) is 12.7 Å². The predicted molar refractivity (Wildman–Crippen MR) is 83.8 cm³/mol. The second-order valence-electron chi connectivity index (χ2n) is 4.61. The van der Waals surface area contributed by atoms with Gasteiger partial charge >= 0.3 is 0 Å². The molecule has 0 bridgehead atoms. The molecule has 118 valence electrons. The molecule has 0 aliphatic rings. The van der Waals surface area contributed by atoms with Crippen LogP contribution in [0.4, 0.5) is 5.82 Å². The van der Waals surface area contributed by atoms with Gasteiger partial charge in [-0.3, -0.25) is 4.79 Å². The molecule has 1 atom stereocenters. The maximum atomic E-state index is 12.2. The highest BCUT2D eigenvalue weighted by Gasteiger charge is 2.22. The summed E-state index contributed by atoms with van der Waals surface area (Å²) in [5.41, 5.74) is 0. The summed E-state index contributed by atoms with van der Waals surface area (Å²) in [6.45, 7) is 3.13. The number of aromatic nitrogens is 1. The molecule has 1 amide bonds. The zero-order chi connectivity index (χ0) is 16.3. The number of sulfonamides is 1. The maximum absolute atomic E-state index is 12.2. The van der Waals surface area contributed by atoms with Crippen molar-refractivity contribution in [1.29, 1.82) is 0 Å².